The average Bonchev–Trinajstić information content (AvgIpc) is 3.48. The second kappa shape index (κ2) is 10.3. The number of aromatic nitrogens is 5. The molecule has 0 aliphatic carbocycles. The molecular formula is C26H25F3N6O3. The fourth-order valence-electron chi connectivity index (χ4n) is 4.65. The number of carbonyl (C=O) groups is 2. The minimum atomic E-state index is -4.62. The van der Waals surface area contributed by atoms with Crippen molar-refractivity contribution in [1.82, 2.24) is 29.8 Å². The van der Waals surface area contributed by atoms with Crippen molar-refractivity contribution >= 4 is 22.6 Å². The minimum Gasteiger partial charge on any atom is -0.341 e. The maximum atomic E-state index is 12.9. The topological polar surface area (TPSA) is 107 Å². The van der Waals surface area contributed by atoms with E-state index in [4.69, 9.17) is 4.52 Å². The van der Waals surface area contributed by atoms with Crippen LogP contribution in [-0.4, -0.2) is 54.6 Å². The number of fused-ring (bicyclic) bond motifs is 1. The number of benzene rings is 1. The van der Waals surface area contributed by atoms with Gasteiger partial charge < -0.3 is 9.42 Å². The molecule has 198 valence electrons. The van der Waals surface area contributed by atoms with Crippen molar-refractivity contribution in [2.24, 2.45) is 5.92 Å². The summed E-state index contributed by atoms with van der Waals surface area (Å²) >= 11 is 0. The molecule has 1 aromatic carbocycles. The molecule has 4 heterocycles. The number of rotatable bonds is 7. The Kier molecular flexibility index (Phi) is 6.96. The van der Waals surface area contributed by atoms with E-state index >= 15 is 0 Å². The van der Waals surface area contributed by atoms with Crippen molar-refractivity contribution in [3.63, 3.8) is 0 Å². The number of piperidine rings is 1. The first-order chi connectivity index (χ1) is 18.1. The SMILES string of the molecule is Cc1nc(CC2CCN(C(=O)Cn3cc4cc(CC(=O)c5cccc(C(F)(F)F)n5)ccc4n3)CC2)no1. The van der Waals surface area contributed by atoms with Crippen molar-refractivity contribution in [1.29, 1.82) is 0 Å². The lowest BCUT2D eigenvalue weighted by molar-refractivity contribution is -0.141. The van der Waals surface area contributed by atoms with Gasteiger partial charge >= 0.3 is 6.18 Å². The molecule has 38 heavy (non-hydrogen) atoms. The van der Waals surface area contributed by atoms with E-state index in [1.807, 2.05) is 4.90 Å². The van der Waals surface area contributed by atoms with E-state index < -0.39 is 17.7 Å². The van der Waals surface area contributed by atoms with Gasteiger partial charge in [-0.15, -0.1) is 0 Å². The molecule has 12 heteroatoms. The second-order valence-electron chi connectivity index (χ2n) is 9.48. The quantitative estimate of drug-likeness (QED) is 0.335. The van der Waals surface area contributed by atoms with Crippen LogP contribution in [0.3, 0.4) is 0 Å². The van der Waals surface area contributed by atoms with Gasteiger partial charge in [-0.25, -0.2) is 4.98 Å². The van der Waals surface area contributed by atoms with Crippen LogP contribution in [0.4, 0.5) is 13.2 Å². The number of halogens is 3. The third-order valence-corrected chi connectivity index (χ3v) is 6.61. The lowest BCUT2D eigenvalue weighted by Gasteiger charge is -2.31. The zero-order chi connectivity index (χ0) is 26.9. The molecule has 1 fully saturated rings. The normalized spacial score (nSPS) is 14.8. The Bertz CT molecular complexity index is 1470. The lowest BCUT2D eigenvalue weighted by atomic mass is 9.93. The monoisotopic (exact) mass is 526 g/mol. The summed E-state index contributed by atoms with van der Waals surface area (Å²) in [6, 6.07) is 8.45. The maximum Gasteiger partial charge on any atom is 0.433 e. The van der Waals surface area contributed by atoms with Crippen LogP contribution >= 0.6 is 0 Å². The number of ketones is 1. The van der Waals surface area contributed by atoms with Crippen LogP contribution < -0.4 is 0 Å². The van der Waals surface area contributed by atoms with Gasteiger partial charge in [0.1, 0.15) is 17.9 Å². The van der Waals surface area contributed by atoms with E-state index in [0.717, 1.165) is 30.7 Å². The zero-order valence-electron chi connectivity index (χ0n) is 20.6. The molecule has 0 unspecified atom stereocenters. The lowest BCUT2D eigenvalue weighted by Crippen LogP contribution is -2.40. The van der Waals surface area contributed by atoms with Gasteiger partial charge in [0.05, 0.1) is 5.52 Å². The molecule has 0 bridgehead atoms. The van der Waals surface area contributed by atoms with Crippen molar-refractivity contribution in [2.45, 2.75) is 45.3 Å². The summed E-state index contributed by atoms with van der Waals surface area (Å²) < 4.78 is 45.4. The number of nitrogens with zero attached hydrogens (tertiary/aromatic N) is 6. The largest absolute Gasteiger partial charge is 0.433 e. The van der Waals surface area contributed by atoms with Crippen LogP contribution in [-0.2, 0) is 30.4 Å². The Balaban J connectivity index is 1.18. The Morgan fingerprint density at radius 2 is 1.89 bits per heavy atom. The van der Waals surface area contributed by atoms with Crippen LogP contribution in [0.25, 0.3) is 10.9 Å². The predicted octanol–water partition coefficient (Wildman–Crippen LogP) is 4.05. The van der Waals surface area contributed by atoms with Gasteiger partial charge in [0.25, 0.3) is 0 Å². The van der Waals surface area contributed by atoms with Gasteiger partial charge in [-0.1, -0.05) is 17.3 Å². The molecule has 1 amide bonds. The number of amides is 1. The highest BCUT2D eigenvalue weighted by Crippen LogP contribution is 2.27. The standard InChI is InChI=1S/C26H25F3N6O3/c1-16-30-24(33-38-16)13-17-7-9-34(10-8-17)25(37)15-35-14-19-11-18(5-6-20(19)32-35)12-22(36)21-3-2-4-23(31-21)26(27,28)29/h2-6,11,14,17H,7-10,12-13,15H2,1H3. The molecule has 1 aliphatic rings. The predicted molar refractivity (Wildman–Crippen MR) is 129 cm³/mol. The highest BCUT2D eigenvalue weighted by atomic mass is 19.4. The van der Waals surface area contributed by atoms with E-state index in [1.165, 1.54) is 12.1 Å². The first kappa shape index (κ1) is 25.6. The number of pyridine rings is 1. The van der Waals surface area contributed by atoms with E-state index in [0.29, 0.717) is 41.8 Å². The Labute approximate surface area is 215 Å². The molecule has 4 aromatic rings. The van der Waals surface area contributed by atoms with Gasteiger partial charge in [0.2, 0.25) is 11.8 Å². The molecule has 0 saturated carbocycles. The van der Waals surface area contributed by atoms with E-state index in [-0.39, 0.29) is 24.6 Å². The van der Waals surface area contributed by atoms with Crippen LogP contribution in [0, 0.1) is 12.8 Å². The summed E-state index contributed by atoms with van der Waals surface area (Å²) in [7, 11) is 0. The highest BCUT2D eigenvalue weighted by Gasteiger charge is 2.33. The third kappa shape index (κ3) is 5.90. The van der Waals surface area contributed by atoms with Crippen LogP contribution in [0.5, 0.6) is 0 Å². The minimum absolute atomic E-state index is 0.0299. The summed E-state index contributed by atoms with van der Waals surface area (Å²) in [5.41, 5.74) is -0.0693. The van der Waals surface area contributed by atoms with Gasteiger partial charge in [0, 0.05) is 44.4 Å². The number of likely N-dealkylation sites (tertiary alicyclic amines) is 1. The summed E-state index contributed by atoms with van der Waals surface area (Å²) in [5.74, 6) is 1.09. The first-order valence-corrected chi connectivity index (χ1v) is 12.2. The Hall–Kier alpha value is -4.09. The number of alkyl halides is 3. The second-order valence-corrected chi connectivity index (χ2v) is 9.48. The molecule has 9 nitrogen and oxygen atoms in total. The van der Waals surface area contributed by atoms with Gasteiger partial charge in [-0.2, -0.15) is 23.3 Å². The van der Waals surface area contributed by atoms with E-state index in [2.05, 4.69) is 20.2 Å². The molecule has 0 spiro atoms. The molecule has 5 rings (SSSR count). The van der Waals surface area contributed by atoms with Crippen molar-refractivity contribution in [3.05, 3.63) is 71.3 Å². The molecule has 0 radical (unpaired) electrons. The fourth-order valence-corrected chi connectivity index (χ4v) is 4.65. The first-order valence-electron chi connectivity index (χ1n) is 12.2. The van der Waals surface area contributed by atoms with Crippen molar-refractivity contribution in [3.8, 4) is 0 Å². The third-order valence-electron chi connectivity index (χ3n) is 6.61. The van der Waals surface area contributed by atoms with Gasteiger partial charge in [-0.3, -0.25) is 14.3 Å². The number of hydrogen-bond acceptors (Lipinski definition) is 7. The number of carbonyl (C=O) groups excluding carboxylic acids is 2. The van der Waals surface area contributed by atoms with Crippen LogP contribution in [0.1, 0.15) is 46.3 Å². The van der Waals surface area contributed by atoms with Crippen molar-refractivity contribution < 1.29 is 27.3 Å². The number of aryl methyl sites for hydroxylation is 1. The number of hydrogen-bond donors (Lipinski definition) is 0. The molecule has 0 N–H and O–H groups in total. The summed E-state index contributed by atoms with van der Waals surface area (Å²) in [6.07, 6.45) is -0.539. The molecule has 1 aliphatic heterocycles. The summed E-state index contributed by atoms with van der Waals surface area (Å²) in [5, 5.41) is 9.14. The fraction of sp³-hybridized carbons (Fsp3) is 0.385. The zero-order valence-corrected chi connectivity index (χ0v) is 20.6. The molecule has 1 saturated heterocycles. The summed E-state index contributed by atoms with van der Waals surface area (Å²) in [4.78, 5) is 35.0. The van der Waals surface area contributed by atoms with Crippen LogP contribution in [0.2, 0.25) is 0 Å². The van der Waals surface area contributed by atoms with E-state index in [9.17, 15) is 22.8 Å². The van der Waals surface area contributed by atoms with Crippen LogP contribution in [0.15, 0.2) is 47.1 Å². The Morgan fingerprint density at radius 3 is 2.61 bits per heavy atom. The van der Waals surface area contributed by atoms with Gasteiger partial charge in [0.15, 0.2) is 11.6 Å². The number of Topliss-reactive ketones (excluding diaryl/α,β-unsaturated/α-hetero) is 1. The molecule has 0 atom stereocenters. The van der Waals surface area contributed by atoms with Gasteiger partial charge in [-0.05, 0) is 48.6 Å². The highest BCUT2D eigenvalue weighted by molar-refractivity contribution is 5.96. The van der Waals surface area contributed by atoms with Crippen molar-refractivity contribution in [2.75, 3.05) is 13.1 Å². The smallest absolute Gasteiger partial charge is 0.341 e. The Morgan fingerprint density at radius 1 is 1.11 bits per heavy atom. The summed E-state index contributed by atoms with van der Waals surface area (Å²) in [6.45, 7) is 3.15. The molecular weight excluding hydrogens is 501 g/mol. The molecule has 3 aromatic heterocycles. The average molecular weight is 527 g/mol. The van der Waals surface area contributed by atoms with E-state index in [1.54, 1.807) is 36.0 Å². The maximum absolute atomic E-state index is 12.9.